The van der Waals surface area contributed by atoms with Crippen LogP contribution in [0.1, 0.15) is 23.7 Å². The van der Waals surface area contributed by atoms with Crippen LogP contribution in [-0.4, -0.2) is 41.5 Å². The minimum atomic E-state index is -0.653. The minimum absolute atomic E-state index is 0.00308. The Morgan fingerprint density at radius 2 is 2.24 bits per heavy atom. The fourth-order valence-corrected chi connectivity index (χ4v) is 2.68. The summed E-state index contributed by atoms with van der Waals surface area (Å²) in [4.78, 5) is 24.3. The van der Waals surface area contributed by atoms with Gasteiger partial charge in [-0.2, -0.15) is 0 Å². The number of nitrogens with zero attached hydrogens (tertiary/aromatic N) is 2. The molecule has 1 aliphatic rings. The molecule has 2 atom stereocenters. The maximum Gasteiger partial charge on any atom is 0.294 e. The summed E-state index contributed by atoms with van der Waals surface area (Å²) in [6, 6.07) is 2.44. The molecule has 1 amide bonds. The first-order valence-electron chi connectivity index (χ1n) is 6.45. The van der Waals surface area contributed by atoms with E-state index in [9.17, 15) is 14.9 Å². The zero-order chi connectivity index (χ0) is 15.7. The van der Waals surface area contributed by atoms with E-state index in [4.69, 9.17) is 22.1 Å². The predicted octanol–water partition coefficient (Wildman–Crippen LogP) is 2.08. The Morgan fingerprint density at radius 3 is 2.76 bits per heavy atom. The quantitative estimate of drug-likeness (QED) is 0.523. The Balaban J connectivity index is 2.33. The van der Waals surface area contributed by atoms with Gasteiger partial charge < -0.3 is 15.4 Å². The summed E-state index contributed by atoms with van der Waals surface area (Å²) >= 11 is 5.88. The molecule has 1 aromatic rings. The maximum absolute atomic E-state index is 12.5. The number of amides is 1. The average Bonchev–Trinajstić information content (AvgIpc) is 2.85. The highest BCUT2D eigenvalue weighted by molar-refractivity contribution is 6.34. The topological polar surface area (TPSA) is 98.7 Å². The van der Waals surface area contributed by atoms with Crippen molar-refractivity contribution in [3.63, 3.8) is 0 Å². The molecule has 8 heteroatoms. The molecule has 0 radical (unpaired) electrons. The standard InChI is InChI=1S/C13H16ClN3O4/c1-7-10(3-4-21-7)16(2)13(18)8-5-9(14)12(15)11(6-8)17(19)20/h5-7,10H,3-4,15H2,1-2H3. The number of hydrogen-bond acceptors (Lipinski definition) is 5. The third kappa shape index (κ3) is 2.93. The zero-order valence-corrected chi connectivity index (χ0v) is 12.5. The van der Waals surface area contributed by atoms with Gasteiger partial charge in [-0.15, -0.1) is 0 Å². The van der Waals surface area contributed by atoms with Crippen molar-refractivity contribution in [2.45, 2.75) is 25.5 Å². The van der Waals surface area contributed by atoms with E-state index in [0.717, 1.165) is 12.5 Å². The molecule has 1 fully saturated rings. The molecule has 2 unspecified atom stereocenters. The van der Waals surface area contributed by atoms with Crippen molar-refractivity contribution in [2.24, 2.45) is 0 Å². The lowest BCUT2D eigenvalue weighted by Gasteiger charge is -2.26. The first-order valence-corrected chi connectivity index (χ1v) is 6.83. The van der Waals surface area contributed by atoms with Gasteiger partial charge in [0, 0.05) is 25.3 Å². The van der Waals surface area contributed by atoms with Gasteiger partial charge in [0.15, 0.2) is 0 Å². The van der Waals surface area contributed by atoms with E-state index < -0.39 is 4.92 Å². The van der Waals surface area contributed by atoms with Crippen LogP contribution < -0.4 is 5.73 Å². The van der Waals surface area contributed by atoms with Crippen LogP contribution in [0.5, 0.6) is 0 Å². The normalized spacial score (nSPS) is 21.3. The second kappa shape index (κ2) is 5.87. The Kier molecular flexibility index (Phi) is 4.34. The fraction of sp³-hybridized carbons (Fsp3) is 0.462. The van der Waals surface area contributed by atoms with Crippen LogP contribution in [0.25, 0.3) is 0 Å². The molecule has 0 aliphatic carbocycles. The number of anilines is 1. The second-order valence-electron chi connectivity index (χ2n) is 5.00. The molecule has 2 N–H and O–H groups in total. The fourth-order valence-electron chi connectivity index (χ4n) is 2.46. The first-order chi connectivity index (χ1) is 9.82. The highest BCUT2D eigenvalue weighted by Crippen LogP contribution is 2.31. The summed E-state index contributed by atoms with van der Waals surface area (Å²) in [6.07, 6.45) is 0.659. The van der Waals surface area contributed by atoms with Gasteiger partial charge in [0.05, 0.1) is 22.1 Å². The molecule has 0 saturated carbocycles. The van der Waals surface area contributed by atoms with Gasteiger partial charge in [0.25, 0.3) is 11.6 Å². The van der Waals surface area contributed by atoms with Crippen molar-refractivity contribution >= 4 is 28.9 Å². The molecule has 0 aromatic heterocycles. The predicted molar refractivity (Wildman–Crippen MR) is 78.4 cm³/mol. The van der Waals surface area contributed by atoms with Crippen molar-refractivity contribution < 1.29 is 14.5 Å². The van der Waals surface area contributed by atoms with Crippen LogP contribution in [0.3, 0.4) is 0 Å². The van der Waals surface area contributed by atoms with Crippen LogP contribution in [0, 0.1) is 10.1 Å². The third-order valence-corrected chi connectivity index (χ3v) is 4.02. The van der Waals surface area contributed by atoms with Gasteiger partial charge >= 0.3 is 0 Å². The summed E-state index contributed by atoms with van der Waals surface area (Å²) in [7, 11) is 1.65. The van der Waals surface area contributed by atoms with Crippen molar-refractivity contribution in [3.05, 3.63) is 32.8 Å². The lowest BCUT2D eigenvalue weighted by Crippen LogP contribution is -2.41. The smallest absolute Gasteiger partial charge is 0.294 e. The van der Waals surface area contributed by atoms with Gasteiger partial charge in [-0.1, -0.05) is 11.6 Å². The highest BCUT2D eigenvalue weighted by Gasteiger charge is 2.32. The van der Waals surface area contributed by atoms with Crippen LogP contribution in [0.2, 0.25) is 5.02 Å². The van der Waals surface area contributed by atoms with Gasteiger partial charge in [0.2, 0.25) is 0 Å². The number of rotatable bonds is 3. The van der Waals surface area contributed by atoms with E-state index in [1.165, 1.54) is 11.0 Å². The number of benzene rings is 1. The van der Waals surface area contributed by atoms with E-state index in [2.05, 4.69) is 0 Å². The SMILES string of the molecule is CC1OCCC1N(C)C(=O)c1cc(Cl)c(N)c([N+](=O)[O-])c1. The van der Waals surface area contributed by atoms with Gasteiger partial charge in [-0.25, -0.2) is 0 Å². The molecule has 0 bridgehead atoms. The summed E-state index contributed by atoms with van der Waals surface area (Å²) in [5.41, 5.74) is 5.19. The van der Waals surface area contributed by atoms with Crippen LogP contribution in [0.4, 0.5) is 11.4 Å². The number of halogens is 1. The van der Waals surface area contributed by atoms with Crippen LogP contribution in [0.15, 0.2) is 12.1 Å². The molecule has 7 nitrogen and oxygen atoms in total. The number of carbonyl (C=O) groups is 1. The Bertz CT molecular complexity index is 593. The number of carbonyl (C=O) groups excluding carboxylic acids is 1. The summed E-state index contributed by atoms with van der Waals surface area (Å²) < 4.78 is 5.43. The molecular weight excluding hydrogens is 298 g/mol. The Morgan fingerprint density at radius 1 is 1.57 bits per heavy atom. The molecular formula is C13H16ClN3O4. The van der Waals surface area contributed by atoms with Gasteiger partial charge in [0.1, 0.15) is 5.69 Å². The van der Waals surface area contributed by atoms with Crippen molar-refractivity contribution in [1.29, 1.82) is 0 Å². The number of ether oxygens (including phenoxy) is 1. The first kappa shape index (κ1) is 15.5. The molecule has 2 rings (SSSR count). The third-order valence-electron chi connectivity index (χ3n) is 3.71. The summed E-state index contributed by atoms with van der Waals surface area (Å²) in [5, 5.41) is 10.9. The highest BCUT2D eigenvalue weighted by atomic mass is 35.5. The maximum atomic E-state index is 12.5. The molecule has 114 valence electrons. The lowest BCUT2D eigenvalue weighted by atomic mass is 10.1. The van der Waals surface area contributed by atoms with E-state index in [1.54, 1.807) is 7.05 Å². The van der Waals surface area contributed by atoms with Gasteiger partial charge in [-0.3, -0.25) is 14.9 Å². The van der Waals surface area contributed by atoms with E-state index in [-0.39, 0.29) is 40.0 Å². The van der Waals surface area contributed by atoms with Crippen molar-refractivity contribution in [3.8, 4) is 0 Å². The second-order valence-corrected chi connectivity index (χ2v) is 5.40. The number of nitro groups is 1. The number of nitrogen functional groups attached to an aromatic ring is 1. The molecule has 1 heterocycles. The van der Waals surface area contributed by atoms with E-state index in [1.807, 2.05) is 6.92 Å². The molecule has 1 aromatic carbocycles. The van der Waals surface area contributed by atoms with Crippen molar-refractivity contribution in [1.82, 2.24) is 4.90 Å². The summed E-state index contributed by atoms with van der Waals surface area (Å²) in [5.74, 6) is -0.345. The number of nitrogens with two attached hydrogens (primary N) is 1. The number of hydrogen-bond donors (Lipinski definition) is 1. The van der Waals surface area contributed by atoms with E-state index in [0.29, 0.717) is 6.61 Å². The molecule has 1 saturated heterocycles. The van der Waals surface area contributed by atoms with Crippen LogP contribution >= 0.6 is 11.6 Å². The van der Waals surface area contributed by atoms with Gasteiger partial charge in [-0.05, 0) is 19.4 Å². The van der Waals surface area contributed by atoms with Crippen molar-refractivity contribution in [2.75, 3.05) is 19.4 Å². The lowest BCUT2D eigenvalue weighted by molar-refractivity contribution is -0.383. The largest absolute Gasteiger partial charge is 0.392 e. The molecule has 21 heavy (non-hydrogen) atoms. The molecule has 1 aliphatic heterocycles. The monoisotopic (exact) mass is 313 g/mol. The minimum Gasteiger partial charge on any atom is -0.392 e. The zero-order valence-electron chi connectivity index (χ0n) is 11.7. The van der Waals surface area contributed by atoms with E-state index >= 15 is 0 Å². The average molecular weight is 314 g/mol. The molecule has 0 spiro atoms. The van der Waals surface area contributed by atoms with Crippen LogP contribution in [-0.2, 0) is 4.74 Å². The number of likely N-dealkylation sites (N-methyl/N-ethyl adjacent to an activating group) is 1. The number of nitro benzene ring substituents is 1. The Hall–Kier alpha value is -1.86. The summed E-state index contributed by atoms with van der Waals surface area (Å²) in [6.45, 7) is 2.48. The Labute approximate surface area is 126 Å².